The number of terminal acetylenes is 1. The van der Waals surface area contributed by atoms with Gasteiger partial charge in [-0.2, -0.15) is 0 Å². The van der Waals surface area contributed by atoms with Crippen LogP contribution in [-0.2, 0) is 4.84 Å². The summed E-state index contributed by atoms with van der Waals surface area (Å²) < 4.78 is 14.6. The van der Waals surface area contributed by atoms with Crippen molar-refractivity contribution < 1.29 is 14.0 Å². The lowest BCUT2D eigenvalue weighted by atomic mass is 10.1. The monoisotopic (exact) mass is 394 g/mol. The fourth-order valence-corrected chi connectivity index (χ4v) is 2.80. The first kappa shape index (κ1) is 20.5. The zero-order valence-corrected chi connectivity index (χ0v) is 16.4. The minimum Gasteiger partial charge on any atom is -0.352 e. The van der Waals surface area contributed by atoms with E-state index in [0.717, 1.165) is 23.7 Å². The predicted octanol–water partition coefficient (Wildman–Crippen LogP) is 4.10. The average Bonchev–Trinajstić information content (AvgIpc) is 3.44. The Morgan fingerprint density at radius 1 is 1.41 bits per heavy atom. The molecule has 1 fully saturated rings. The summed E-state index contributed by atoms with van der Waals surface area (Å²) in [7, 11) is 1.79. The molecule has 1 aromatic heterocycles. The summed E-state index contributed by atoms with van der Waals surface area (Å²) in [5.41, 5.74) is 5.89. The van der Waals surface area contributed by atoms with E-state index in [-0.39, 0.29) is 16.8 Å². The molecule has 7 heteroatoms. The number of carbonyl (C=O) groups excluding carboxylic acids is 1. The first-order chi connectivity index (χ1) is 14.1. The van der Waals surface area contributed by atoms with Crippen molar-refractivity contribution in [1.82, 2.24) is 15.4 Å². The van der Waals surface area contributed by atoms with Crippen molar-refractivity contribution in [2.45, 2.75) is 19.8 Å². The average molecular weight is 394 g/mol. The molecule has 6 nitrogen and oxygen atoms in total. The van der Waals surface area contributed by atoms with Crippen LogP contribution in [0.15, 0.2) is 30.6 Å². The molecule has 4 rings (SSSR count). The topological polar surface area (TPSA) is 79.0 Å². The van der Waals surface area contributed by atoms with E-state index in [4.69, 9.17) is 11.3 Å². The van der Waals surface area contributed by atoms with Crippen molar-refractivity contribution in [2.24, 2.45) is 5.92 Å². The number of hydrogen-bond acceptors (Lipinski definition) is 5. The number of fused-ring (bicyclic) bond motifs is 1. The highest BCUT2D eigenvalue weighted by Crippen LogP contribution is 2.30. The van der Waals surface area contributed by atoms with Gasteiger partial charge in [0.15, 0.2) is 12.1 Å². The fourth-order valence-electron chi connectivity index (χ4n) is 2.80. The molecule has 1 heterocycles. The Balaban J connectivity index is 0.000000290. The molecule has 150 valence electrons. The first-order valence-corrected chi connectivity index (χ1v) is 9.31. The Kier molecular flexibility index (Phi) is 6.60. The van der Waals surface area contributed by atoms with Crippen LogP contribution in [0.25, 0.3) is 11.0 Å². The molecule has 0 amide bonds. The van der Waals surface area contributed by atoms with E-state index < -0.39 is 5.82 Å². The van der Waals surface area contributed by atoms with Gasteiger partial charge in [-0.25, -0.2) is 14.9 Å². The van der Waals surface area contributed by atoms with Crippen molar-refractivity contribution >= 4 is 28.7 Å². The minimum atomic E-state index is -0.568. The van der Waals surface area contributed by atoms with E-state index in [9.17, 15) is 9.18 Å². The van der Waals surface area contributed by atoms with Crippen LogP contribution >= 0.6 is 0 Å². The summed E-state index contributed by atoms with van der Waals surface area (Å²) in [6.45, 7) is 2.76. The van der Waals surface area contributed by atoms with Crippen LogP contribution in [0, 0.1) is 31.0 Å². The molecule has 3 N–H and O–H groups in total. The van der Waals surface area contributed by atoms with E-state index in [1.165, 1.54) is 19.2 Å². The second-order valence-corrected chi connectivity index (χ2v) is 6.83. The lowest BCUT2D eigenvalue weighted by Crippen LogP contribution is -2.08. The van der Waals surface area contributed by atoms with Gasteiger partial charge in [-0.05, 0) is 55.5 Å². The Labute approximate surface area is 168 Å². The van der Waals surface area contributed by atoms with E-state index in [1.807, 2.05) is 13.0 Å². The number of imidazole rings is 1. The molecule has 0 aliphatic heterocycles. The quantitative estimate of drug-likeness (QED) is 0.333. The van der Waals surface area contributed by atoms with Gasteiger partial charge < -0.3 is 15.1 Å². The zero-order valence-electron chi connectivity index (χ0n) is 16.4. The SMILES string of the molecule is C#Cc1ccc(Nc2c(C=O)cc3[nH]cnc3c2F)c(C)c1.CNOCC1CC1. The van der Waals surface area contributed by atoms with Crippen LogP contribution in [0.4, 0.5) is 15.8 Å². The highest BCUT2D eigenvalue weighted by Gasteiger charge is 2.20. The smallest absolute Gasteiger partial charge is 0.175 e. The van der Waals surface area contributed by atoms with Gasteiger partial charge in [-0.15, -0.1) is 6.42 Å². The van der Waals surface area contributed by atoms with Crippen molar-refractivity contribution in [3.05, 3.63) is 53.1 Å². The Morgan fingerprint density at radius 2 is 2.21 bits per heavy atom. The molecule has 1 aliphatic rings. The number of carbonyl (C=O) groups is 1. The largest absolute Gasteiger partial charge is 0.352 e. The summed E-state index contributed by atoms with van der Waals surface area (Å²) in [6.07, 6.45) is 10.1. The number of aryl methyl sites for hydroxylation is 1. The Bertz CT molecular complexity index is 1050. The highest BCUT2D eigenvalue weighted by molar-refractivity contribution is 5.94. The summed E-state index contributed by atoms with van der Waals surface area (Å²) in [5.74, 6) is 2.84. The lowest BCUT2D eigenvalue weighted by molar-refractivity contribution is 0.0501. The van der Waals surface area contributed by atoms with Gasteiger partial charge in [-0.3, -0.25) is 4.79 Å². The molecular formula is C22H23FN4O2. The molecule has 3 aromatic rings. The lowest BCUT2D eigenvalue weighted by Gasteiger charge is -2.13. The maximum Gasteiger partial charge on any atom is 0.175 e. The second-order valence-electron chi connectivity index (χ2n) is 6.83. The number of aromatic nitrogens is 2. The zero-order chi connectivity index (χ0) is 20.8. The number of anilines is 2. The van der Waals surface area contributed by atoms with Gasteiger partial charge in [0.1, 0.15) is 5.52 Å². The summed E-state index contributed by atoms with van der Waals surface area (Å²) >= 11 is 0. The molecule has 29 heavy (non-hydrogen) atoms. The number of aromatic amines is 1. The highest BCUT2D eigenvalue weighted by atomic mass is 19.1. The maximum atomic E-state index is 14.6. The number of halogens is 1. The van der Waals surface area contributed by atoms with Crippen LogP contribution < -0.4 is 10.8 Å². The molecule has 2 aromatic carbocycles. The van der Waals surface area contributed by atoms with E-state index in [0.29, 0.717) is 17.5 Å². The molecule has 0 atom stereocenters. The molecule has 1 saturated carbocycles. The van der Waals surface area contributed by atoms with E-state index >= 15 is 0 Å². The van der Waals surface area contributed by atoms with E-state index in [1.54, 1.807) is 25.2 Å². The maximum absolute atomic E-state index is 14.6. The number of H-pyrrole nitrogens is 1. The van der Waals surface area contributed by atoms with Crippen LogP contribution in [0.1, 0.15) is 34.3 Å². The van der Waals surface area contributed by atoms with Crippen LogP contribution in [0.5, 0.6) is 0 Å². The van der Waals surface area contributed by atoms with Gasteiger partial charge in [-0.1, -0.05) is 5.92 Å². The Hall–Kier alpha value is -3.21. The normalized spacial score (nSPS) is 12.8. The van der Waals surface area contributed by atoms with Crippen molar-refractivity contribution in [3.8, 4) is 12.3 Å². The molecule has 1 aliphatic carbocycles. The van der Waals surface area contributed by atoms with Gasteiger partial charge in [0.05, 0.1) is 24.1 Å². The third kappa shape index (κ3) is 4.99. The van der Waals surface area contributed by atoms with Gasteiger partial charge in [0, 0.05) is 23.9 Å². The van der Waals surface area contributed by atoms with Crippen LogP contribution in [-0.4, -0.2) is 29.9 Å². The Morgan fingerprint density at radius 3 is 2.83 bits per heavy atom. The van der Waals surface area contributed by atoms with Crippen LogP contribution in [0.3, 0.4) is 0 Å². The molecule has 0 radical (unpaired) electrons. The second kappa shape index (κ2) is 9.32. The van der Waals surface area contributed by atoms with Crippen molar-refractivity contribution in [3.63, 3.8) is 0 Å². The van der Waals surface area contributed by atoms with Gasteiger partial charge in [0.25, 0.3) is 0 Å². The predicted molar refractivity (Wildman–Crippen MR) is 112 cm³/mol. The van der Waals surface area contributed by atoms with Crippen LogP contribution in [0.2, 0.25) is 0 Å². The number of rotatable bonds is 6. The minimum absolute atomic E-state index is 0.103. The van der Waals surface area contributed by atoms with Gasteiger partial charge in [0.2, 0.25) is 0 Å². The summed E-state index contributed by atoms with van der Waals surface area (Å²) in [5, 5.41) is 2.96. The van der Waals surface area contributed by atoms with E-state index in [2.05, 4.69) is 26.7 Å². The number of benzene rings is 2. The summed E-state index contributed by atoms with van der Waals surface area (Å²) in [4.78, 5) is 22.9. The molecule has 0 spiro atoms. The molecule has 0 bridgehead atoms. The van der Waals surface area contributed by atoms with Crippen molar-refractivity contribution in [1.29, 1.82) is 0 Å². The number of aldehydes is 1. The number of nitrogens with zero attached hydrogens (tertiary/aromatic N) is 1. The number of hydrogen-bond donors (Lipinski definition) is 3. The third-order valence-electron chi connectivity index (χ3n) is 4.62. The third-order valence-corrected chi connectivity index (χ3v) is 4.62. The van der Waals surface area contributed by atoms with Crippen molar-refractivity contribution in [2.75, 3.05) is 19.0 Å². The fraction of sp³-hybridized carbons (Fsp3) is 0.273. The first-order valence-electron chi connectivity index (χ1n) is 9.31. The molecular weight excluding hydrogens is 371 g/mol. The molecule has 0 unspecified atom stereocenters. The number of nitrogens with one attached hydrogen (secondary N) is 3. The molecule has 0 saturated heterocycles. The van der Waals surface area contributed by atoms with Gasteiger partial charge >= 0.3 is 0 Å². The summed E-state index contributed by atoms with van der Waals surface area (Å²) in [6, 6.07) is 6.88. The standard InChI is InChI=1S/C17H12FN3O.C5H11NO/c1-3-11-4-5-13(10(2)6-11)21-16-12(8-22)7-14-17(15(16)18)20-9-19-14;1-6-7-4-5-2-3-5/h1,4-9,21H,2H3,(H,19,20);5-6H,2-4H2,1H3. The number of hydroxylamine groups is 1.